The van der Waals surface area contributed by atoms with Crippen molar-refractivity contribution in [3.63, 3.8) is 0 Å². The fraction of sp³-hybridized carbons (Fsp3) is 0.105. The largest absolute Gasteiger partial charge is 0.468 e. The highest BCUT2D eigenvalue weighted by molar-refractivity contribution is 7.89. The first-order valence-electron chi connectivity index (χ1n) is 8.08. The Kier molecular flexibility index (Phi) is 5.68. The van der Waals surface area contributed by atoms with Crippen LogP contribution >= 0.6 is 0 Å². The summed E-state index contributed by atoms with van der Waals surface area (Å²) in [7, 11) is -4.04. The molecule has 140 valence electrons. The number of halogens is 1. The Morgan fingerprint density at radius 3 is 2.33 bits per heavy atom. The first kappa shape index (κ1) is 18.8. The highest BCUT2D eigenvalue weighted by Gasteiger charge is 2.27. The van der Waals surface area contributed by atoms with E-state index < -0.39 is 28.3 Å². The number of anilines is 1. The number of para-hydroxylation sites is 1. The number of rotatable bonds is 7. The van der Waals surface area contributed by atoms with Crippen LogP contribution in [0, 0.1) is 5.82 Å². The van der Waals surface area contributed by atoms with E-state index in [1.807, 2.05) is 0 Å². The standard InChI is InChI=1S/C19H17FN2O4S/c20-15-8-10-18(11-9-15)27(24,25)22(13-17-7-4-12-26-17)14-19(23)21-16-5-2-1-3-6-16/h1-12H,13-14H2,(H,21,23). The van der Waals surface area contributed by atoms with Gasteiger partial charge in [0.1, 0.15) is 11.6 Å². The monoisotopic (exact) mass is 388 g/mol. The van der Waals surface area contributed by atoms with Crippen LogP contribution in [0.2, 0.25) is 0 Å². The molecule has 0 spiro atoms. The third-order valence-corrected chi connectivity index (χ3v) is 5.55. The van der Waals surface area contributed by atoms with Crippen molar-refractivity contribution in [3.05, 3.63) is 84.6 Å². The minimum absolute atomic E-state index is 0.108. The van der Waals surface area contributed by atoms with Gasteiger partial charge in [0.15, 0.2) is 0 Å². The molecule has 0 aliphatic heterocycles. The maximum atomic E-state index is 13.1. The molecule has 2 aromatic carbocycles. The number of sulfonamides is 1. The second-order valence-electron chi connectivity index (χ2n) is 5.72. The fourth-order valence-electron chi connectivity index (χ4n) is 2.44. The van der Waals surface area contributed by atoms with Crippen LogP contribution in [-0.4, -0.2) is 25.2 Å². The van der Waals surface area contributed by atoms with Crippen LogP contribution in [0.5, 0.6) is 0 Å². The Bertz CT molecular complexity index is 988. The van der Waals surface area contributed by atoms with Gasteiger partial charge in [-0.2, -0.15) is 4.31 Å². The number of benzene rings is 2. The van der Waals surface area contributed by atoms with E-state index in [4.69, 9.17) is 4.42 Å². The molecule has 0 saturated carbocycles. The number of hydrogen-bond acceptors (Lipinski definition) is 4. The minimum atomic E-state index is -4.04. The molecule has 3 aromatic rings. The number of carbonyl (C=O) groups excluding carboxylic acids is 1. The zero-order valence-electron chi connectivity index (χ0n) is 14.2. The van der Waals surface area contributed by atoms with E-state index in [-0.39, 0.29) is 11.4 Å². The first-order chi connectivity index (χ1) is 12.9. The zero-order chi connectivity index (χ0) is 19.3. The molecular formula is C19H17FN2O4S. The molecule has 1 amide bonds. The fourth-order valence-corrected chi connectivity index (χ4v) is 3.80. The van der Waals surface area contributed by atoms with Crippen molar-refractivity contribution in [1.29, 1.82) is 0 Å². The predicted octanol–water partition coefficient (Wildman–Crippen LogP) is 3.25. The van der Waals surface area contributed by atoms with Gasteiger partial charge >= 0.3 is 0 Å². The summed E-state index contributed by atoms with van der Waals surface area (Å²) in [5, 5.41) is 2.65. The van der Waals surface area contributed by atoms with Gasteiger partial charge in [0.2, 0.25) is 15.9 Å². The molecule has 8 heteroatoms. The van der Waals surface area contributed by atoms with E-state index in [1.165, 1.54) is 6.26 Å². The third-order valence-electron chi connectivity index (χ3n) is 3.74. The number of carbonyl (C=O) groups is 1. The molecule has 27 heavy (non-hydrogen) atoms. The van der Waals surface area contributed by atoms with Gasteiger partial charge in [0, 0.05) is 5.69 Å². The lowest BCUT2D eigenvalue weighted by Crippen LogP contribution is -2.37. The molecule has 0 saturated heterocycles. The number of nitrogens with one attached hydrogen (secondary N) is 1. The lowest BCUT2D eigenvalue weighted by Gasteiger charge is -2.21. The van der Waals surface area contributed by atoms with Crippen molar-refractivity contribution in [2.45, 2.75) is 11.4 Å². The van der Waals surface area contributed by atoms with Crippen LogP contribution in [0.15, 0.2) is 82.3 Å². The molecule has 1 heterocycles. The maximum Gasteiger partial charge on any atom is 0.243 e. The Balaban J connectivity index is 1.84. The van der Waals surface area contributed by atoms with Crippen molar-refractivity contribution in [2.75, 3.05) is 11.9 Å². The molecule has 0 fully saturated rings. The molecule has 6 nitrogen and oxygen atoms in total. The van der Waals surface area contributed by atoms with Crippen LogP contribution in [0.1, 0.15) is 5.76 Å². The Morgan fingerprint density at radius 2 is 1.70 bits per heavy atom. The van der Waals surface area contributed by atoms with Gasteiger partial charge in [-0.05, 0) is 48.5 Å². The highest BCUT2D eigenvalue weighted by atomic mass is 32.2. The van der Waals surface area contributed by atoms with Gasteiger partial charge < -0.3 is 9.73 Å². The Hall–Kier alpha value is -2.97. The lowest BCUT2D eigenvalue weighted by atomic mass is 10.3. The molecule has 3 rings (SSSR count). The van der Waals surface area contributed by atoms with Crippen LogP contribution in [-0.2, 0) is 21.4 Å². The van der Waals surface area contributed by atoms with Crippen molar-refractivity contribution >= 4 is 21.6 Å². The van der Waals surface area contributed by atoms with E-state index in [2.05, 4.69) is 5.32 Å². The Labute approximate surface area is 156 Å². The van der Waals surface area contributed by atoms with E-state index in [0.717, 1.165) is 28.6 Å². The predicted molar refractivity (Wildman–Crippen MR) is 97.8 cm³/mol. The Morgan fingerprint density at radius 1 is 1.00 bits per heavy atom. The molecular weight excluding hydrogens is 371 g/mol. The summed E-state index contributed by atoms with van der Waals surface area (Å²) in [6.07, 6.45) is 1.42. The van der Waals surface area contributed by atoms with E-state index >= 15 is 0 Å². The molecule has 0 aliphatic rings. The van der Waals surface area contributed by atoms with Crippen LogP contribution in [0.4, 0.5) is 10.1 Å². The molecule has 0 unspecified atom stereocenters. The summed E-state index contributed by atoms with van der Waals surface area (Å²) >= 11 is 0. The molecule has 0 radical (unpaired) electrons. The van der Waals surface area contributed by atoms with Gasteiger partial charge in [0.05, 0.1) is 24.2 Å². The van der Waals surface area contributed by atoms with Gasteiger partial charge in [-0.25, -0.2) is 12.8 Å². The maximum absolute atomic E-state index is 13.1. The van der Waals surface area contributed by atoms with Gasteiger partial charge in [-0.1, -0.05) is 18.2 Å². The summed E-state index contributed by atoms with van der Waals surface area (Å²) < 4.78 is 45.2. The number of hydrogen-bond donors (Lipinski definition) is 1. The molecule has 1 aromatic heterocycles. The second-order valence-corrected chi connectivity index (χ2v) is 7.66. The summed E-state index contributed by atoms with van der Waals surface area (Å²) in [5.41, 5.74) is 0.555. The van der Waals surface area contributed by atoms with Gasteiger partial charge in [0.25, 0.3) is 0 Å². The van der Waals surface area contributed by atoms with Gasteiger partial charge in [-0.15, -0.1) is 0 Å². The summed E-state index contributed by atoms with van der Waals surface area (Å²) in [5.74, 6) is -0.667. The van der Waals surface area contributed by atoms with Crippen molar-refractivity contribution < 1.29 is 22.0 Å². The number of amides is 1. The van der Waals surface area contributed by atoms with Crippen molar-refractivity contribution in [1.82, 2.24) is 4.31 Å². The smallest absolute Gasteiger partial charge is 0.243 e. The number of nitrogens with zero attached hydrogens (tertiary/aromatic N) is 1. The average molecular weight is 388 g/mol. The highest BCUT2D eigenvalue weighted by Crippen LogP contribution is 2.19. The summed E-state index contributed by atoms with van der Waals surface area (Å²) in [6.45, 7) is -0.551. The lowest BCUT2D eigenvalue weighted by molar-refractivity contribution is -0.116. The second kappa shape index (κ2) is 8.15. The van der Waals surface area contributed by atoms with Crippen molar-refractivity contribution in [3.8, 4) is 0 Å². The van der Waals surface area contributed by atoms with E-state index in [9.17, 15) is 17.6 Å². The van der Waals surface area contributed by atoms with Gasteiger partial charge in [-0.3, -0.25) is 4.79 Å². The average Bonchev–Trinajstić information content (AvgIpc) is 3.15. The van der Waals surface area contributed by atoms with Crippen LogP contribution in [0.25, 0.3) is 0 Å². The first-order valence-corrected chi connectivity index (χ1v) is 9.52. The number of furan rings is 1. The normalized spacial score (nSPS) is 11.5. The minimum Gasteiger partial charge on any atom is -0.468 e. The zero-order valence-corrected chi connectivity index (χ0v) is 15.0. The third kappa shape index (κ3) is 4.81. The quantitative estimate of drug-likeness (QED) is 0.674. The molecule has 0 atom stereocenters. The topological polar surface area (TPSA) is 79.6 Å². The van der Waals surface area contributed by atoms with Crippen molar-refractivity contribution in [2.24, 2.45) is 0 Å². The van der Waals surface area contributed by atoms with E-state index in [1.54, 1.807) is 42.5 Å². The summed E-state index contributed by atoms with van der Waals surface area (Å²) in [4.78, 5) is 12.3. The summed E-state index contributed by atoms with van der Waals surface area (Å²) in [6, 6.07) is 16.4. The molecule has 0 bridgehead atoms. The SMILES string of the molecule is O=C(CN(Cc1ccco1)S(=O)(=O)c1ccc(F)cc1)Nc1ccccc1. The molecule has 0 aliphatic carbocycles. The van der Waals surface area contributed by atoms with Crippen LogP contribution in [0.3, 0.4) is 0 Å². The van der Waals surface area contributed by atoms with Crippen LogP contribution < -0.4 is 5.32 Å². The van der Waals surface area contributed by atoms with E-state index in [0.29, 0.717) is 11.4 Å². The molecule has 1 N–H and O–H groups in total.